The van der Waals surface area contributed by atoms with Crippen molar-refractivity contribution in [2.24, 2.45) is 11.7 Å². The highest BCUT2D eigenvalue weighted by atomic mass is 35.5. The molecular formula is C18H31Cl2N3O2. The van der Waals surface area contributed by atoms with E-state index in [2.05, 4.69) is 23.2 Å². The topological polar surface area (TPSA) is 71.5 Å². The maximum atomic E-state index is 11.8. The summed E-state index contributed by atoms with van der Waals surface area (Å²) in [6, 6.07) is 2.15. The third-order valence-corrected chi connectivity index (χ3v) is 5.28. The first-order chi connectivity index (χ1) is 11.0. The Bertz CT molecular complexity index is 553. The number of nitrogens with one attached hydrogen (secondary N) is 1. The van der Waals surface area contributed by atoms with Gasteiger partial charge in [-0.25, -0.2) is 0 Å². The molecule has 1 unspecified atom stereocenters. The van der Waals surface area contributed by atoms with E-state index < -0.39 is 5.54 Å². The highest BCUT2D eigenvalue weighted by molar-refractivity contribution is 5.88. The number of hydrogen-bond acceptors (Lipinski definition) is 4. The Morgan fingerprint density at radius 2 is 2.12 bits per heavy atom. The van der Waals surface area contributed by atoms with Gasteiger partial charge >= 0.3 is 0 Å². The van der Waals surface area contributed by atoms with Gasteiger partial charge in [0.05, 0.1) is 12.1 Å². The molecule has 3 rings (SSSR count). The number of halogens is 2. The number of carbonyl (C=O) groups excluding carboxylic acids is 1. The second kappa shape index (κ2) is 9.26. The van der Waals surface area contributed by atoms with Crippen molar-refractivity contribution in [3.05, 3.63) is 23.2 Å². The van der Waals surface area contributed by atoms with Crippen LogP contribution in [0.15, 0.2) is 10.5 Å². The van der Waals surface area contributed by atoms with Crippen LogP contribution in [-0.2, 0) is 11.3 Å². The molecule has 1 aliphatic carbocycles. The van der Waals surface area contributed by atoms with Gasteiger partial charge in [0.1, 0.15) is 11.5 Å². The number of carbonyl (C=O) groups is 1. The average Bonchev–Trinajstić information content (AvgIpc) is 3.18. The molecule has 1 amide bonds. The van der Waals surface area contributed by atoms with Gasteiger partial charge in [0.2, 0.25) is 5.91 Å². The van der Waals surface area contributed by atoms with Gasteiger partial charge in [-0.2, -0.15) is 0 Å². The molecule has 3 N–H and O–H groups in total. The average molecular weight is 392 g/mol. The van der Waals surface area contributed by atoms with Crippen LogP contribution >= 0.6 is 24.8 Å². The van der Waals surface area contributed by atoms with Gasteiger partial charge in [-0.1, -0.05) is 0 Å². The Morgan fingerprint density at radius 3 is 2.72 bits per heavy atom. The van der Waals surface area contributed by atoms with E-state index >= 15 is 0 Å². The summed E-state index contributed by atoms with van der Waals surface area (Å²) in [7, 11) is 0. The Hall–Kier alpha value is -0.750. The van der Waals surface area contributed by atoms with E-state index in [1.165, 1.54) is 18.4 Å². The molecule has 1 saturated carbocycles. The lowest BCUT2D eigenvalue weighted by Crippen LogP contribution is -2.44. The molecule has 0 aromatic carbocycles. The number of amides is 1. The summed E-state index contributed by atoms with van der Waals surface area (Å²) in [6.07, 6.45) is 5.17. The predicted octanol–water partition coefficient (Wildman–Crippen LogP) is 2.95. The Balaban J connectivity index is 0.00000156. The summed E-state index contributed by atoms with van der Waals surface area (Å²) < 4.78 is 5.80. The van der Waals surface area contributed by atoms with E-state index in [1.54, 1.807) is 0 Å². The second-order valence-electron chi connectivity index (χ2n) is 7.40. The number of nitrogens with two attached hydrogens (primary N) is 1. The molecular weight excluding hydrogens is 361 g/mol. The van der Waals surface area contributed by atoms with Crippen LogP contribution in [0.1, 0.15) is 49.2 Å². The first-order valence-electron chi connectivity index (χ1n) is 8.82. The first kappa shape index (κ1) is 22.3. The standard InChI is InChI=1S/C18H29N3O2.2ClH/c1-13-10-16(23-14(13)2)12-21-9-3-4-15(11-21)5-8-20-17(22)18(19)6-7-18;;/h10,15H,3-9,11-12,19H2,1-2H3,(H,20,22);2*1H. The van der Waals surface area contributed by atoms with Crippen LogP contribution in [0.2, 0.25) is 0 Å². The smallest absolute Gasteiger partial charge is 0.240 e. The highest BCUT2D eigenvalue weighted by Crippen LogP contribution is 2.32. The van der Waals surface area contributed by atoms with Gasteiger partial charge in [0, 0.05) is 13.1 Å². The molecule has 1 aliphatic heterocycles. The SMILES string of the molecule is Cc1cc(CN2CCCC(CCNC(=O)C3(N)CC3)C2)oc1C.Cl.Cl. The van der Waals surface area contributed by atoms with Crippen molar-refractivity contribution >= 4 is 30.7 Å². The summed E-state index contributed by atoms with van der Waals surface area (Å²) in [5.41, 5.74) is 6.58. The van der Waals surface area contributed by atoms with Crippen LogP contribution in [-0.4, -0.2) is 36.0 Å². The van der Waals surface area contributed by atoms with Crippen LogP contribution in [0, 0.1) is 19.8 Å². The van der Waals surface area contributed by atoms with E-state index in [1.807, 2.05) is 6.92 Å². The molecule has 2 heterocycles. The molecule has 0 bridgehead atoms. The van der Waals surface area contributed by atoms with E-state index in [0.717, 1.165) is 57.0 Å². The van der Waals surface area contributed by atoms with Gasteiger partial charge in [0.15, 0.2) is 0 Å². The highest BCUT2D eigenvalue weighted by Gasteiger charge is 2.45. The number of nitrogens with zero attached hydrogens (tertiary/aromatic N) is 1. The third kappa shape index (κ3) is 5.88. The predicted molar refractivity (Wildman–Crippen MR) is 104 cm³/mol. The van der Waals surface area contributed by atoms with Gasteiger partial charge < -0.3 is 15.5 Å². The lowest BCUT2D eigenvalue weighted by atomic mass is 9.94. The zero-order chi connectivity index (χ0) is 16.4. The minimum absolute atomic E-state index is 0. The van der Waals surface area contributed by atoms with Gasteiger partial charge in [-0.3, -0.25) is 9.69 Å². The van der Waals surface area contributed by atoms with Crippen molar-refractivity contribution in [3.8, 4) is 0 Å². The summed E-state index contributed by atoms with van der Waals surface area (Å²) in [4.78, 5) is 14.3. The van der Waals surface area contributed by atoms with Crippen LogP contribution in [0.25, 0.3) is 0 Å². The minimum Gasteiger partial charge on any atom is -0.465 e. The fourth-order valence-electron chi connectivity index (χ4n) is 3.41. The van der Waals surface area contributed by atoms with Crippen molar-refractivity contribution in [3.63, 3.8) is 0 Å². The number of rotatable bonds is 6. The quantitative estimate of drug-likeness (QED) is 0.781. The summed E-state index contributed by atoms with van der Waals surface area (Å²) in [5.74, 6) is 2.76. The van der Waals surface area contributed by atoms with Gasteiger partial charge in [-0.15, -0.1) is 24.8 Å². The lowest BCUT2D eigenvalue weighted by Gasteiger charge is -2.32. The molecule has 2 fully saturated rings. The monoisotopic (exact) mass is 391 g/mol. The minimum atomic E-state index is -0.548. The van der Waals surface area contributed by atoms with Crippen LogP contribution < -0.4 is 11.1 Å². The maximum absolute atomic E-state index is 11.8. The normalized spacial score (nSPS) is 21.8. The molecule has 5 nitrogen and oxygen atoms in total. The summed E-state index contributed by atoms with van der Waals surface area (Å²) in [5, 5.41) is 3.01. The van der Waals surface area contributed by atoms with E-state index in [-0.39, 0.29) is 30.7 Å². The number of furan rings is 1. The molecule has 0 spiro atoms. The van der Waals surface area contributed by atoms with Gasteiger partial charge in [0.25, 0.3) is 0 Å². The third-order valence-electron chi connectivity index (χ3n) is 5.28. The van der Waals surface area contributed by atoms with Crippen molar-refractivity contribution in [1.82, 2.24) is 10.2 Å². The van der Waals surface area contributed by atoms with Crippen molar-refractivity contribution in [2.75, 3.05) is 19.6 Å². The molecule has 25 heavy (non-hydrogen) atoms. The molecule has 1 aromatic heterocycles. The van der Waals surface area contributed by atoms with Crippen molar-refractivity contribution in [2.45, 2.75) is 58.0 Å². The van der Waals surface area contributed by atoms with E-state index in [0.29, 0.717) is 5.92 Å². The largest absolute Gasteiger partial charge is 0.465 e. The number of likely N-dealkylation sites (tertiary alicyclic amines) is 1. The maximum Gasteiger partial charge on any atom is 0.240 e. The number of aryl methyl sites for hydroxylation is 2. The number of hydrogen-bond donors (Lipinski definition) is 2. The van der Waals surface area contributed by atoms with Gasteiger partial charge in [-0.05, 0) is 70.0 Å². The molecule has 1 atom stereocenters. The Morgan fingerprint density at radius 1 is 1.40 bits per heavy atom. The lowest BCUT2D eigenvalue weighted by molar-refractivity contribution is -0.123. The van der Waals surface area contributed by atoms with Crippen LogP contribution in [0.5, 0.6) is 0 Å². The van der Waals surface area contributed by atoms with E-state index in [9.17, 15) is 4.79 Å². The molecule has 7 heteroatoms. The molecule has 1 saturated heterocycles. The zero-order valence-electron chi connectivity index (χ0n) is 15.2. The molecule has 2 aliphatic rings. The first-order valence-corrected chi connectivity index (χ1v) is 8.82. The van der Waals surface area contributed by atoms with Crippen LogP contribution in [0.3, 0.4) is 0 Å². The molecule has 144 valence electrons. The fourth-order valence-corrected chi connectivity index (χ4v) is 3.41. The Labute approximate surface area is 162 Å². The second-order valence-corrected chi connectivity index (χ2v) is 7.40. The number of piperidine rings is 1. The summed E-state index contributed by atoms with van der Waals surface area (Å²) in [6.45, 7) is 7.97. The van der Waals surface area contributed by atoms with E-state index in [4.69, 9.17) is 10.2 Å². The van der Waals surface area contributed by atoms with Crippen LogP contribution in [0.4, 0.5) is 0 Å². The Kier molecular flexibility index (Phi) is 8.26. The fraction of sp³-hybridized carbons (Fsp3) is 0.722. The van der Waals surface area contributed by atoms with Crippen molar-refractivity contribution in [1.29, 1.82) is 0 Å². The van der Waals surface area contributed by atoms with Crippen molar-refractivity contribution < 1.29 is 9.21 Å². The summed E-state index contributed by atoms with van der Waals surface area (Å²) >= 11 is 0. The molecule has 0 radical (unpaired) electrons. The molecule has 1 aromatic rings. The zero-order valence-corrected chi connectivity index (χ0v) is 16.8.